The molecule has 1 aromatic heterocycles. The monoisotopic (exact) mass is 392 g/mol. The standard InChI is InChI=1S/C19H14Cl2O5/c1-3-24-19(23)26-18-15(22)13-8-12(20)9-14(21)17(13)25-16(18)11-6-4-10(2)5-7-11/h4-9H,3H2,1-2H3. The maximum absolute atomic E-state index is 12.9. The summed E-state index contributed by atoms with van der Waals surface area (Å²) in [7, 11) is 0. The lowest BCUT2D eigenvalue weighted by molar-refractivity contribution is 0.103. The molecule has 0 radical (unpaired) electrons. The summed E-state index contributed by atoms with van der Waals surface area (Å²) >= 11 is 12.2. The fourth-order valence-electron chi connectivity index (χ4n) is 2.42. The number of rotatable bonds is 3. The number of ether oxygens (including phenoxy) is 2. The van der Waals surface area contributed by atoms with Gasteiger partial charge in [-0.2, -0.15) is 0 Å². The number of aryl methyl sites for hydroxylation is 1. The van der Waals surface area contributed by atoms with Crippen molar-refractivity contribution in [2.24, 2.45) is 0 Å². The van der Waals surface area contributed by atoms with Crippen molar-refractivity contribution in [1.82, 2.24) is 0 Å². The van der Waals surface area contributed by atoms with Crippen molar-refractivity contribution in [3.05, 3.63) is 62.2 Å². The van der Waals surface area contributed by atoms with Crippen LogP contribution in [0, 0.1) is 6.92 Å². The molecule has 134 valence electrons. The summed E-state index contributed by atoms with van der Waals surface area (Å²) in [5, 5.41) is 0.554. The number of hydrogen-bond acceptors (Lipinski definition) is 5. The van der Waals surface area contributed by atoms with E-state index < -0.39 is 11.6 Å². The molecule has 0 aliphatic rings. The van der Waals surface area contributed by atoms with Crippen LogP contribution in [0.2, 0.25) is 10.0 Å². The van der Waals surface area contributed by atoms with Crippen molar-refractivity contribution in [2.45, 2.75) is 13.8 Å². The molecule has 0 fully saturated rings. The molecule has 26 heavy (non-hydrogen) atoms. The van der Waals surface area contributed by atoms with Crippen molar-refractivity contribution >= 4 is 40.3 Å². The first kappa shape index (κ1) is 18.3. The number of carbonyl (C=O) groups excluding carboxylic acids is 1. The third kappa shape index (κ3) is 3.54. The van der Waals surface area contributed by atoms with Crippen molar-refractivity contribution < 1.29 is 18.7 Å². The van der Waals surface area contributed by atoms with Crippen LogP contribution in [0.1, 0.15) is 12.5 Å². The lowest BCUT2D eigenvalue weighted by Gasteiger charge is -2.11. The Hall–Kier alpha value is -2.50. The van der Waals surface area contributed by atoms with Crippen LogP contribution in [0.4, 0.5) is 4.79 Å². The van der Waals surface area contributed by atoms with Crippen LogP contribution < -0.4 is 10.2 Å². The van der Waals surface area contributed by atoms with Gasteiger partial charge >= 0.3 is 6.16 Å². The molecule has 3 aromatic rings. The molecule has 0 aliphatic carbocycles. The summed E-state index contributed by atoms with van der Waals surface area (Å²) in [6.07, 6.45) is -0.999. The van der Waals surface area contributed by atoms with Gasteiger partial charge in [0.15, 0.2) is 11.3 Å². The summed E-state index contributed by atoms with van der Waals surface area (Å²) < 4.78 is 15.8. The largest absolute Gasteiger partial charge is 0.514 e. The van der Waals surface area contributed by atoms with Gasteiger partial charge in [-0.3, -0.25) is 4.79 Å². The fraction of sp³-hybridized carbons (Fsp3) is 0.158. The number of fused-ring (bicyclic) bond motifs is 1. The third-order valence-corrected chi connectivity index (χ3v) is 4.13. The summed E-state index contributed by atoms with van der Waals surface area (Å²) in [5.74, 6) is -0.196. The number of hydrogen-bond donors (Lipinski definition) is 0. The second kappa shape index (κ2) is 7.40. The van der Waals surface area contributed by atoms with Gasteiger partial charge in [-0.05, 0) is 26.0 Å². The van der Waals surface area contributed by atoms with Crippen LogP contribution in [-0.2, 0) is 4.74 Å². The van der Waals surface area contributed by atoms with Crippen LogP contribution in [-0.4, -0.2) is 12.8 Å². The van der Waals surface area contributed by atoms with Gasteiger partial charge in [-0.25, -0.2) is 4.79 Å². The molecule has 0 unspecified atom stereocenters. The third-order valence-electron chi connectivity index (χ3n) is 3.63. The Kier molecular flexibility index (Phi) is 5.20. The first-order valence-corrected chi connectivity index (χ1v) is 8.53. The van der Waals surface area contributed by atoms with Gasteiger partial charge in [0.05, 0.1) is 17.0 Å². The highest BCUT2D eigenvalue weighted by atomic mass is 35.5. The molecule has 0 atom stereocenters. The van der Waals surface area contributed by atoms with Crippen LogP contribution in [0.5, 0.6) is 5.75 Å². The molecule has 0 bridgehead atoms. The van der Waals surface area contributed by atoms with Crippen LogP contribution in [0.3, 0.4) is 0 Å². The Morgan fingerprint density at radius 3 is 2.50 bits per heavy atom. The molecule has 0 spiro atoms. The fourth-order valence-corrected chi connectivity index (χ4v) is 2.96. The van der Waals surface area contributed by atoms with Crippen molar-refractivity contribution in [1.29, 1.82) is 0 Å². The number of carbonyl (C=O) groups is 1. The minimum absolute atomic E-state index is 0.0831. The first-order valence-electron chi connectivity index (χ1n) is 7.78. The van der Waals surface area contributed by atoms with Gasteiger partial charge in [-0.1, -0.05) is 53.0 Å². The van der Waals surface area contributed by atoms with E-state index >= 15 is 0 Å². The average Bonchev–Trinajstić information content (AvgIpc) is 2.59. The predicted octanol–water partition coefficient (Wildman–Crippen LogP) is 5.61. The molecule has 0 saturated heterocycles. The lowest BCUT2D eigenvalue weighted by atomic mass is 10.1. The highest BCUT2D eigenvalue weighted by Gasteiger charge is 2.22. The Morgan fingerprint density at radius 1 is 1.15 bits per heavy atom. The van der Waals surface area contributed by atoms with E-state index in [1.165, 1.54) is 12.1 Å². The maximum atomic E-state index is 12.9. The highest BCUT2D eigenvalue weighted by molar-refractivity contribution is 6.38. The Morgan fingerprint density at radius 2 is 1.85 bits per heavy atom. The van der Waals surface area contributed by atoms with Gasteiger partial charge in [0.1, 0.15) is 0 Å². The highest BCUT2D eigenvalue weighted by Crippen LogP contribution is 2.35. The van der Waals surface area contributed by atoms with Gasteiger partial charge in [0.25, 0.3) is 0 Å². The second-order valence-electron chi connectivity index (χ2n) is 5.50. The lowest BCUT2D eigenvalue weighted by Crippen LogP contribution is -2.17. The van der Waals surface area contributed by atoms with E-state index in [4.69, 9.17) is 37.1 Å². The van der Waals surface area contributed by atoms with E-state index in [1.54, 1.807) is 19.1 Å². The summed E-state index contributed by atoms with van der Waals surface area (Å²) in [4.78, 5) is 24.7. The Balaban J connectivity index is 2.30. The second-order valence-corrected chi connectivity index (χ2v) is 6.35. The van der Waals surface area contributed by atoms with E-state index in [0.717, 1.165) is 5.56 Å². The summed E-state index contributed by atoms with van der Waals surface area (Å²) in [6, 6.07) is 10.1. The summed E-state index contributed by atoms with van der Waals surface area (Å²) in [5.41, 5.74) is 1.17. The predicted molar refractivity (Wildman–Crippen MR) is 100 cm³/mol. The molecule has 0 amide bonds. The van der Waals surface area contributed by atoms with Crippen molar-refractivity contribution in [3.63, 3.8) is 0 Å². The molecule has 3 rings (SSSR count). The molecular formula is C19H14Cl2O5. The zero-order valence-electron chi connectivity index (χ0n) is 14.0. The topological polar surface area (TPSA) is 65.7 Å². The molecular weight excluding hydrogens is 379 g/mol. The van der Waals surface area contributed by atoms with E-state index in [2.05, 4.69) is 0 Å². The number of halogens is 2. The molecule has 2 aromatic carbocycles. The average molecular weight is 393 g/mol. The Labute approximate surface area is 159 Å². The van der Waals surface area contributed by atoms with Crippen LogP contribution in [0.15, 0.2) is 45.6 Å². The van der Waals surface area contributed by atoms with E-state index in [9.17, 15) is 9.59 Å². The maximum Gasteiger partial charge on any atom is 0.514 e. The van der Waals surface area contributed by atoms with Crippen LogP contribution in [0.25, 0.3) is 22.3 Å². The van der Waals surface area contributed by atoms with Crippen LogP contribution >= 0.6 is 23.2 Å². The SMILES string of the molecule is CCOC(=O)Oc1c(-c2ccc(C)cc2)oc2c(Cl)cc(Cl)cc2c1=O. The Bertz CT molecular complexity index is 1040. The molecule has 0 N–H and O–H groups in total. The first-order chi connectivity index (χ1) is 12.4. The summed E-state index contributed by atoms with van der Waals surface area (Å²) in [6.45, 7) is 3.66. The molecule has 7 heteroatoms. The van der Waals surface area contributed by atoms with Gasteiger partial charge in [-0.15, -0.1) is 0 Å². The van der Waals surface area contributed by atoms with E-state index in [1.807, 2.05) is 19.1 Å². The zero-order valence-corrected chi connectivity index (χ0v) is 15.5. The van der Waals surface area contributed by atoms with E-state index in [-0.39, 0.29) is 39.1 Å². The quantitative estimate of drug-likeness (QED) is 0.541. The molecule has 0 aliphatic heterocycles. The minimum atomic E-state index is -0.999. The number of benzene rings is 2. The minimum Gasteiger partial charge on any atom is -0.450 e. The van der Waals surface area contributed by atoms with Gasteiger partial charge < -0.3 is 13.9 Å². The molecule has 1 heterocycles. The van der Waals surface area contributed by atoms with Crippen molar-refractivity contribution in [2.75, 3.05) is 6.61 Å². The molecule has 5 nitrogen and oxygen atoms in total. The molecule has 0 saturated carbocycles. The van der Waals surface area contributed by atoms with Crippen molar-refractivity contribution in [3.8, 4) is 17.1 Å². The zero-order chi connectivity index (χ0) is 18.8. The normalized spacial score (nSPS) is 10.8. The van der Waals surface area contributed by atoms with Gasteiger partial charge in [0.2, 0.25) is 11.2 Å². The van der Waals surface area contributed by atoms with Gasteiger partial charge in [0, 0.05) is 10.6 Å². The smallest absolute Gasteiger partial charge is 0.450 e. The van der Waals surface area contributed by atoms with E-state index in [0.29, 0.717) is 5.56 Å².